The highest BCUT2D eigenvalue weighted by molar-refractivity contribution is 6.35. The highest BCUT2D eigenvalue weighted by Crippen LogP contribution is 2.25. The van der Waals surface area contributed by atoms with Crippen LogP contribution in [-0.4, -0.2) is 89.9 Å². The summed E-state index contributed by atoms with van der Waals surface area (Å²) >= 11 is 12.4. The molecule has 1 saturated heterocycles. The Bertz CT molecular complexity index is 1720. The van der Waals surface area contributed by atoms with E-state index in [0.29, 0.717) is 47.6 Å². The second-order valence-corrected chi connectivity index (χ2v) is 16.6. The highest BCUT2D eigenvalue weighted by Gasteiger charge is 2.34. The lowest BCUT2D eigenvalue weighted by Gasteiger charge is -2.26. The van der Waals surface area contributed by atoms with Gasteiger partial charge in [-0.3, -0.25) is 14.7 Å². The highest BCUT2D eigenvalue weighted by atomic mass is 35.5. The van der Waals surface area contributed by atoms with Gasteiger partial charge in [0.1, 0.15) is 12.0 Å². The molecule has 2 heterocycles. The first-order valence-corrected chi connectivity index (χ1v) is 19.4. The third kappa shape index (κ3) is 16.1. The van der Waals surface area contributed by atoms with Crippen LogP contribution in [0.15, 0.2) is 58.4 Å². The number of nitrogens with zero attached hydrogens (tertiary/aromatic N) is 3. The number of rotatable bonds is 15. The van der Waals surface area contributed by atoms with Crippen LogP contribution in [0.5, 0.6) is 0 Å². The summed E-state index contributed by atoms with van der Waals surface area (Å²) in [6.45, 7) is 16.0. The van der Waals surface area contributed by atoms with Gasteiger partial charge in [0.25, 0.3) is 5.56 Å². The molecule has 3 aromatic rings. The Kier molecular flexibility index (Phi) is 17.8. The molecule has 1 aliphatic rings. The van der Waals surface area contributed by atoms with E-state index in [-0.39, 0.29) is 53.7 Å². The summed E-state index contributed by atoms with van der Waals surface area (Å²) in [6.07, 6.45) is 2.14. The number of alkyl halides is 1. The van der Waals surface area contributed by atoms with Crippen LogP contribution in [0.25, 0.3) is 11.1 Å². The summed E-state index contributed by atoms with van der Waals surface area (Å²) in [4.78, 5) is 37.8. The molecule has 2 amide bonds. The Hall–Kier alpha value is -3.79. The lowest BCUT2D eigenvalue weighted by Crippen LogP contribution is -2.50. The number of halogens is 3. The molecule has 304 valence electrons. The average molecular weight is 805 g/mol. The molecule has 0 bridgehead atoms. The number of carbonyl (C=O) groups is 1. The largest absolute Gasteiger partial charge is 0.370 e. The van der Waals surface area contributed by atoms with Crippen molar-refractivity contribution in [3.05, 3.63) is 86.0 Å². The third-order valence-corrected chi connectivity index (χ3v) is 9.40. The standard InChI is InChI=1S/C20H32Cl2FN5O.C19H28N6O/c1-20(2,3)27-19(29)26-14-7-15(28(12-14)11-13(23)8-24)9-25-10-16-17(21)5-4-6-18(16)22;1-19(2,3)17-24-12-15(16(26)25-17)14-7-5-13(6-8-14)11-22-9-4-10-23-18(20)21/h4-6,13-15,25H,7-12,24H2,1-3H3,(H2,26,27,29);5-8,12,22H,4,9-11H2,1-3H3,(H4,20,21,23)(H,24,25,26)/t13-,14+,15-;/m0./s1. The van der Waals surface area contributed by atoms with E-state index in [2.05, 4.69) is 36.2 Å². The number of aromatic nitrogens is 2. The maximum atomic E-state index is 13.9. The molecule has 3 atom stereocenters. The lowest BCUT2D eigenvalue weighted by molar-refractivity contribution is 0.178. The van der Waals surface area contributed by atoms with Gasteiger partial charge in [0, 0.05) is 90.7 Å². The number of carbonyl (C=O) groups excluding carboxylic acids is 1. The van der Waals surface area contributed by atoms with Crippen molar-refractivity contribution in [2.24, 2.45) is 22.2 Å². The fourth-order valence-corrected chi connectivity index (χ4v) is 6.44. The number of aromatic amines is 1. The summed E-state index contributed by atoms with van der Waals surface area (Å²) in [5, 5.41) is 13.8. The minimum atomic E-state index is -1.10. The topological polar surface area (TPSA) is 205 Å². The van der Waals surface area contributed by atoms with Crippen molar-refractivity contribution in [1.29, 1.82) is 0 Å². The van der Waals surface area contributed by atoms with E-state index in [1.54, 1.807) is 24.4 Å². The summed E-state index contributed by atoms with van der Waals surface area (Å²) in [5.74, 6) is 0.813. The number of nitrogens with two attached hydrogens (primary N) is 3. The fraction of sp³-hybridized carbons (Fsp3) is 0.538. The predicted molar refractivity (Wildman–Crippen MR) is 223 cm³/mol. The molecule has 1 aromatic heterocycles. The predicted octanol–water partition coefficient (Wildman–Crippen LogP) is 4.41. The quantitative estimate of drug-likeness (QED) is 0.0622. The lowest BCUT2D eigenvalue weighted by atomic mass is 9.95. The first-order valence-electron chi connectivity index (χ1n) is 18.6. The van der Waals surface area contributed by atoms with Crippen LogP contribution in [0.3, 0.4) is 0 Å². The van der Waals surface area contributed by atoms with Crippen LogP contribution in [-0.2, 0) is 18.5 Å². The van der Waals surface area contributed by atoms with Gasteiger partial charge in [-0.05, 0) is 63.4 Å². The van der Waals surface area contributed by atoms with Gasteiger partial charge in [0.15, 0.2) is 5.96 Å². The summed E-state index contributed by atoms with van der Waals surface area (Å²) in [7, 11) is 0. The normalized spacial score (nSPS) is 16.5. The van der Waals surface area contributed by atoms with Crippen LogP contribution >= 0.6 is 23.2 Å². The van der Waals surface area contributed by atoms with E-state index in [1.807, 2.05) is 70.7 Å². The molecule has 0 spiro atoms. The van der Waals surface area contributed by atoms with E-state index in [0.717, 1.165) is 42.6 Å². The van der Waals surface area contributed by atoms with Crippen molar-refractivity contribution >= 4 is 35.2 Å². The number of urea groups is 1. The van der Waals surface area contributed by atoms with Gasteiger partial charge in [0.05, 0.1) is 5.56 Å². The molecule has 13 nitrogen and oxygen atoms in total. The Balaban J connectivity index is 0.000000297. The number of hydrogen-bond acceptors (Lipinski definition) is 8. The zero-order valence-corrected chi connectivity index (χ0v) is 34.5. The van der Waals surface area contributed by atoms with Gasteiger partial charge in [-0.15, -0.1) is 0 Å². The number of H-pyrrole nitrogens is 1. The van der Waals surface area contributed by atoms with Crippen LogP contribution in [0, 0.1) is 0 Å². The van der Waals surface area contributed by atoms with E-state index in [4.69, 9.17) is 40.4 Å². The molecule has 0 unspecified atom stereocenters. The van der Waals surface area contributed by atoms with Crippen molar-refractivity contribution in [3.63, 3.8) is 0 Å². The second-order valence-electron chi connectivity index (χ2n) is 15.8. The van der Waals surface area contributed by atoms with Crippen molar-refractivity contribution in [2.45, 2.75) is 96.7 Å². The molecule has 0 radical (unpaired) electrons. The average Bonchev–Trinajstić information content (AvgIpc) is 3.46. The van der Waals surface area contributed by atoms with Crippen molar-refractivity contribution in [2.75, 3.05) is 39.3 Å². The SMILES string of the molecule is CC(C)(C)NC(=O)N[C@@H]1C[C@@H](CNCc2c(Cl)cccc2Cl)N(C[C@@H](F)CN)C1.CC(C)(C)c1ncc(-c2ccc(CNCCCN=C(N)N)cc2)c(=O)[nH]1. The number of benzene rings is 2. The molecule has 11 N–H and O–H groups in total. The molecule has 4 rings (SSSR count). The Morgan fingerprint density at radius 3 is 2.31 bits per heavy atom. The monoisotopic (exact) mass is 803 g/mol. The number of nitrogens with one attached hydrogen (secondary N) is 5. The number of aliphatic imine (C=N–C) groups is 1. The Labute approximate surface area is 334 Å². The minimum Gasteiger partial charge on any atom is -0.370 e. The molecule has 1 fully saturated rings. The Morgan fingerprint density at radius 2 is 1.73 bits per heavy atom. The number of amides is 2. The molecular weight excluding hydrogens is 744 g/mol. The van der Waals surface area contributed by atoms with Gasteiger partial charge < -0.3 is 43.5 Å². The minimum absolute atomic E-state index is 0.0194. The van der Waals surface area contributed by atoms with Gasteiger partial charge in [0.2, 0.25) is 0 Å². The van der Waals surface area contributed by atoms with Crippen LogP contribution in [0.2, 0.25) is 10.0 Å². The third-order valence-electron chi connectivity index (χ3n) is 8.69. The van der Waals surface area contributed by atoms with E-state index in [1.165, 1.54) is 0 Å². The molecule has 55 heavy (non-hydrogen) atoms. The fourth-order valence-electron chi connectivity index (χ4n) is 5.91. The van der Waals surface area contributed by atoms with E-state index in [9.17, 15) is 14.0 Å². The smallest absolute Gasteiger partial charge is 0.315 e. The summed E-state index contributed by atoms with van der Waals surface area (Å²) < 4.78 is 13.9. The van der Waals surface area contributed by atoms with Crippen LogP contribution in [0.1, 0.15) is 71.3 Å². The first-order chi connectivity index (χ1) is 25.9. The van der Waals surface area contributed by atoms with Gasteiger partial charge in [-0.25, -0.2) is 14.2 Å². The van der Waals surface area contributed by atoms with E-state index < -0.39 is 6.17 Å². The van der Waals surface area contributed by atoms with Crippen molar-refractivity contribution < 1.29 is 9.18 Å². The van der Waals surface area contributed by atoms with Crippen LogP contribution < -0.4 is 44.0 Å². The number of likely N-dealkylation sites (tertiary alicyclic amines) is 1. The van der Waals surface area contributed by atoms with E-state index >= 15 is 0 Å². The summed E-state index contributed by atoms with van der Waals surface area (Å²) in [5.41, 5.74) is 18.8. The molecule has 2 aromatic carbocycles. The first kappa shape index (κ1) is 45.6. The maximum Gasteiger partial charge on any atom is 0.315 e. The Morgan fingerprint density at radius 1 is 1.05 bits per heavy atom. The molecular formula is C39H60Cl2FN11O2. The summed E-state index contributed by atoms with van der Waals surface area (Å²) in [6, 6.07) is 13.1. The molecule has 1 aliphatic heterocycles. The van der Waals surface area contributed by atoms with Crippen molar-refractivity contribution in [1.82, 2.24) is 36.1 Å². The zero-order valence-electron chi connectivity index (χ0n) is 32.9. The van der Waals surface area contributed by atoms with Crippen LogP contribution in [0.4, 0.5) is 9.18 Å². The zero-order chi connectivity index (χ0) is 40.8. The van der Waals surface area contributed by atoms with Gasteiger partial charge in [-0.2, -0.15) is 0 Å². The second kappa shape index (κ2) is 21.5. The van der Waals surface area contributed by atoms with Gasteiger partial charge in [-0.1, -0.05) is 74.3 Å². The number of hydrogen-bond donors (Lipinski definition) is 8. The molecule has 16 heteroatoms. The number of guanidine groups is 1. The maximum absolute atomic E-state index is 13.9. The molecule has 0 saturated carbocycles. The molecule has 0 aliphatic carbocycles. The van der Waals surface area contributed by atoms with Gasteiger partial charge >= 0.3 is 6.03 Å². The van der Waals surface area contributed by atoms with Crippen molar-refractivity contribution in [3.8, 4) is 11.1 Å².